The number of hydrogen-bond donors (Lipinski definition) is 1. The second-order valence-corrected chi connectivity index (χ2v) is 4.71. The van der Waals surface area contributed by atoms with Gasteiger partial charge in [-0.1, -0.05) is 6.07 Å². The van der Waals surface area contributed by atoms with Gasteiger partial charge in [0, 0.05) is 11.6 Å². The van der Waals surface area contributed by atoms with Gasteiger partial charge in [0.15, 0.2) is 11.6 Å². The van der Waals surface area contributed by atoms with E-state index in [2.05, 4.69) is 0 Å². The van der Waals surface area contributed by atoms with Gasteiger partial charge in [0.05, 0.1) is 4.92 Å². The van der Waals surface area contributed by atoms with Gasteiger partial charge in [0.25, 0.3) is 5.69 Å². The van der Waals surface area contributed by atoms with Crippen LogP contribution in [-0.4, -0.2) is 16.6 Å². The van der Waals surface area contributed by atoms with E-state index in [4.69, 9.17) is 4.74 Å². The fourth-order valence-electron chi connectivity index (χ4n) is 1.91. The van der Waals surface area contributed by atoms with Crippen LogP contribution in [0, 0.1) is 28.7 Å². The Labute approximate surface area is 124 Å². The number of halogens is 2. The van der Waals surface area contributed by atoms with Gasteiger partial charge < -0.3 is 9.84 Å². The molecule has 0 amide bonds. The minimum absolute atomic E-state index is 0.0338. The maximum atomic E-state index is 13.1. The highest BCUT2D eigenvalue weighted by Crippen LogP contribution is 2.24. The smallest absolute Gasteiger partial charge is 0.272 e. The molecule has 1 unspecified atom stereocenters. The van der Waals surface area contributed by atoms with E-state index in [1.165, 1.54) is 24.3 Å². The lowest BCUT2D eigenvalue weighted by molar-refractivity contribution is -0.385. The van der Waals surface area contributed by atoms with Crippen molar-refractivity contribution >= 4 is 5.69 Å². The molecule has 0 spiro atoms. The van der Waals surface area contributed by atoms with E-state index in [-0.39, 0.29) is 17.9 Å². The number of rotatable bonds is 5. The molecule has 2 rings (SSSR count). The highest BCUT2D eigenvalue weighted by Gasteiger charge is 2.14. The first-order valence-electron chi connectivity index (χ1n) is 6.39. The van der Waals surface area contributed by atoms with Gasteiger partial charge in [0.2, 0.25) is 0 Å². The van der Waals surface area contributed by atoms with Gasteiger partial charge >= 0.3 is 0 Å². The molecule has 0 aliphatic carbocycles. The average molecular weight is 309 g/mol. The van der Waals surface area contributed by atoms with E-state index < -0.39 is 22.7 Å². The molecular formula is C15H13F2NO4. The molecule has 0 heterocycles. The molecule has 1 N–H and O–H groups in total. The van der Waals surface area contributed by atoms with Gasteiger partial charge in [-0.05, 0) is 36.8 Å². The minimum Gasteiger partial charge on any atom is -0.491 e. The molecule has 0 bridgehead atoms. The summed E-state index contributed by atoms with van der Waals surface area (Å²) in [7, 11) is 0. The van der Waals surface area contributed by atoms with E-state index in [1.54, 1.807) is 6.92 Å². The molecule has 5 nitrogen and oxygen atoms in total. The first kappa shape index (κ1) is 15.8. The van der Waals surface area contributed by atoms with E-state index >= 15 is 0 Å². The highest BCUT2D eigenvalue weighted by atomic mass is 19.2. The van der Waals surface area contributed by atoms with Crippen molar-refractivity contribution in [2.45, 2.75) is 13.0 Å². The summed E-state index contributed by atoms with van der Waals surface area (Å²) in [6.45, 7) is 1.37. The third-order valence-electron chi connectivity index (χ3n) is 3.10. The van der Waals surface area contributed by atoms with Gasteiger partial charge in [-0.2, -0.15) is 0 Å². The Morgan fingerprint density at radius 3 is 2.55 bits per heavy atom. The number of nitrogens with zero attached hydrogens (tertiary/aromatic N) is 1. The number of ether oxygens (including phenoxy) is 1. The second-order valence-electron chi connectivity index (χ2n) is 4.71. The first-order chi connectivity index (χ1) is 10.4. The summed E-state index contributed by atoms with van der Waals surface area (Å²) in [6.07, 6.45) is -1.15. The van der Waals surface area contributed by atoms with Crippen molar-refractivity contribution in [1.82, 2.24) is 0 Å². The fraction of sp³-hybridized carbons (Fsp3) is 0.200. The molecule has 0 aliphatic heterocycles. The van der Waals surface area contributed by atoms with Gasteiger partial charge in [-0.25, -0.2) is 8.78 Å². The van der Waals surface area contributed by atoms with Crippen LogP contribution in [0.4, 0.5) is 14.5 Å². The molecule has 0 saturated heterocycles. The van der Waals surface area contributed by atoms with Crippen molar-refractivity contribution in [2.75, 3.05) is 6.61 Å². The number of benzene rings is 2. The number of hydrogen-bond acceptors (Lipinski definition) is 4. The minimum atomic E-state index is -1.15. The predicted molar refractivity (Wildman–Crippen MR) is 74.6 cm³/mol. The second kappa shape index (κ2) is 6.48. The SMILES string of the molecule is Cc1cc(OCC(O)c2ccc(F)c(F)c2)ccc1[N+](=O)[O-]. The Morgan fingerprint density at radius 1 is 1.23 bits per heavy atom. The lowest BCUT2D eigenvalue weighted by Gasteiger charge is -2.13. The number of aryl methyl sites for hydroxylation is 1. The van der Waals surface area contributed by atoms with E-state index in [0.717, 1.165) is 12.1 Å². The summed E-state index contributed by atoms with van der Waals surface area (Å²) in [6, 6.07) is 7.25. The van der Waals surface area contributed by atoms with E-state index in [9.17, 15) is 24.0 Å². The fourth-order valence-corrected chi connectivity index (χ4v) is 1.91. The molecular weight excluding hydrogens is 296 g/mol. The number of aliphatic hydroxyl groups excluding tert-OH is 1. The third-order valence-corrected chi connectivity index (χ3v) is 3.10. The van der Waals surface area contributed by atoms with E-state index in [1.807, 2.05) is 0 Å². The zero-order chi connectivity index (χ0) is 16.3. The molecule has 2 aromatic carbocycles. The largest absolute Gasteiger partial charge is 0.491 e. The Kier molecular flexibility index (Phi) is 4.67. The van der Waals surface area contributed by atoms with Crippen LogP contribution in [0.25, 0.3) is 0 Å². The summed E-state index contributed by atoms with van der Waals surface area (Å²) < 4.78 is 31.2. The van der Waals surface area contributed by atoms with Crippen molar-refractivity contribution in [3.8, 4) is 5.75 Å². The molecule has 2 aromatic rings. The van der Waals surface area contributed by atoms with Crippen LogP contribution < -0.4 is 4.74 Å². The Balaban J connectivity index is 2.04. The van der Waals surface area contributed by atoms with Crippen LogP contribution in [0.15, 0.2) is 36.4 Å². The molecule has 0 aliphatic rings. The van der Waals surface area contributed by atoms with Crippen molar-refractivity contribution in [3.63, 3.8) is 0 Å². The molecule has 0 aromatic heterocycles. The summed E-state index contributed by atoms with van der Waals surface area (Å²) in [5.74, 6) is -1.71. The van der Waals surface area contributed by atoms with E-state index in [0.29, 0.717) is 11.3 Å². The molecule has 7 heteroatoms. The highest BCUT2D eigenvalue weighted by molar-refractivity contribution is 5.44. The number of aliphatic hydroxyl groups is 1. The standard InChI is InChI=1S/C15H13F2NO4/c1-9-6-11(3-5-14(9)18(20)21)22-8-15(19)10-2-4-12(16)13(17)7-10/h2-7,15,19H,8H2,1H3. The van der Waals surface area contributed by atoms with Crippen LogP contribution >= 0.6 is 0 Å². The maximum absolute atomic E-state index is 13.1. The van der Waals surface area contributed by atoms with Crippen LogP contribution in [0.2, 0.25) is 0 Å². The van der Waals surface area contributed by atoms with Crippen molar-refractivity contribution in [1.29, 1.82) is 0 Å². The summed E-state index contributed by atoms with van der Waals surface area (Å²) in [5.41, 5.74) is 0.566. The Morgan fingerprint density at radius 2 is 1.95 bits per heavy atom. The van der Waals surface area contributed by atoms with Crippen LogP contribution in [0.1, 0.15) is 17.2 Å². The van der Waals surface area contributed by atoms with Crippen LogP contribution in [-0.2, 0) is 0 Å². The summed E-state index contributed by atoms with van der Waals surface area (Å²) in [4.78, 5) is 10.2. The molecule has 1 atom stereocenters. The normalized spacial score (nSPS) is 12.0. The lowest BCUT2D eigenvalue weighted by atomic mass is 10.1. The topological polar surface area (TPSA) is 72.6 Å². The van der Waals surface area contributed by atoms with Gasteiger partial charge in [0.1, 0.15) is 18.5 Å². The van der Waals surface area contributed by atoms with Gasteiger partial charge in [-0.15, -0.1) is 0 Å². The Hall–Kier alpha value is -2.54. The summed E-state index contributed by atoms with van der Waals surface area (Å²) in [5, 5.41) is 20.6. The van der Waals surface area contributed by atoms with Crippen molar-refractivity contribution < 1.29 is 23.5 Å². The molecule has 116 valence electrons. The molecule has 0 saturated carbocycles. The number of nitro benzene ring substituents is 1. The van der Waals surface area contributed by atoms with Crippen molar-refractivity contribution in [3.05, 3.63) is 69.3 Å². The quantitative estimate of drug-likeness (QED) is 0.679. The maximum Gasteiger partial charge on any atom is 0.272 e. The molecule has 0 fully saturated rings. The van der Waals surface area contributed by atoms with Crippen molar-refractivity contribution in [2.24, 2.45) is 0 Å². The predicted octanol–water partition coefficient (Wildman–Crippen LogP) is 3.29. The third kappa shape index (κ3) is 3.56. The van der Waals surface area contributed by atoms with Crippen LogP contribution in [0.3, 0.4) is 0 Å². The Bertz CT molecular complexity index is 706. The van der Waals surface area contributed by atoms with Gasteiger partial charge in [-0.3, -0.25) is 10.1 Å². The average Bonchev–Trinajstić information content (AvgIpc) is 2.47. The zero-order valence-electron chi connectivity index (χ0n) is 11.6. The molecule has 0 radical (unpaired) electrons. The number of nitro groups is 1. The summed E-state index contributed by atoms with van der Waals surface area (Å²) >= 11 is 0. The molecule has 22 heavy (non-hydrogen) atoms. The zero-order valence-corrected chi connectivity index (χ0v) is 11.6. The first-order valence-corrected chi connectivity index (χ1v) is 6.39. The monoisotopic (exact) mass is 309 g/mol. The van der Waals surface area contributed by atoms with Crippen LogP contribution in [0.5, 0.6) is 5.75 Å². The lowest BCUT2D eigenvalue weighted by Crippen LogP contribution is -2.10.